The minimum atomic E-state index is 0.802. The molecule has 0 N–H and O–H groups in total. The van der Waals surface area contributed by atoms with Crippen LogP contribution in [0.1, 0.15) is 32.6 Å². The molecule has 1 rings (SSSR count). The summed E-state index contributed by atoms with van der Waals surface area (Å²) in [7, 11) is 2.16. The molecule has 0 aromatic rings. The van der Waals surface area contributed by atoms with E-state index in [4.69, 9.17) is 4.18 Å². The summed E-state index contributed by atoms with van der Waals surface area (Å²) in [5, 5.41) is 0. The second-order valence-electron chi connectivity index (χ2n) is 4.15. The van der Waals surface area contributed by atoms with Gasteiger partial charge in [0, 0.05) is 23.5 Å². The van der Waals surface area contributed by atoms with E-state index in [0.29, 0.717) is 0 Å². The highest BCUT2D eigenvalue weighted by Crippen LogP contribution is 2.22. The third kappa shape index (κ3) is 6.36. The molecule has 2 nitrogen and oxygen atoms in total. The second-order valence-corrected chi connectivity index (χ2v) is 5.02. The van der Waals surface area contributed by atoms with Crippen LogP contribution in [0.4, 0.5) is 0 Å². The molecule has 0 radical (unpaired) electrons. The first-order chi connectivity index (χ1) is 7.83. The van der Waals surface area contributed by atoms with Crippen molar-refractivity contribution < 1.29 is 4.18 Å². The third-order valence-corrected chi connectivity index (χ3v) is 3.35. The average molecular weight is 241 g/mol. The van der Waals surface area contributed by atoms with E-state index in [0.717, 1.165) is 19.6 Å². The largest absolute Gasteiger partial charge is 0.309 e. The topological polar surface area (TPSA) is 12.5 Å². The average Bonchev–Trinajstić information content (AvgIpc) is 2.33. The van der Waals surface area contributed by atoms with Crippen molar-refractivity contribution in [2.45, 2.75) is 32.6 Å². The zero-order valence-corrected chi connectivity index (χ0v) is 11.3. The van der Waals surface area contributed by atoms with Crippen LogP contribution in [-0.4, -0.2) is 31.6 Å². The van der Waals surface area contributed by atoms with E-state index < -0.39 is 0 Å². The highest BCUT2D eigenvalue weighted by molar-refractivity contribution is 7.98. The maximum Gasteiger partial charge on any atom is 0.0745 e. The number of nitrogens with zero attached hydrogens (tertiary/aromatic N) is 1. The zero-order valence-electron chi connectivity index (χ0n) is 10.4. The lowest BCUT2D eigenvalue weighted by Crippen LogP contribution is -2.23. The van der Waals surface area contributed by atoms with Gasteiger partial charge in [0.2, 0.25) is 0 Å². The molecule has 92 valence electrons. The van der Waals surface area contributed by atoms with Gasteiger partial charge in [-0.15, -0.1) is 0 Å². The van der Waals surface area contributed by atoms with E-state index >= 15 is 0 Å². The van der Waals surface area contributed by atoms with Gasteiger partial charge < -0.3 is 9.08 Å². The Hall–Kier alpha value is -0.250. The fourth-order valence-corrected chi connectivity index (χ4v) is 2.13. The van der Waals surface area contributed by atoms with Crippen LogP contribution in [0.25, 0.3) is 0 Å². The molecule has 0 saturated carbocycles. The van der Waals surface area contributed by atoms with Crippen molar-refractivity contribution in [3.8, 4) is 0 Å². The molecule has 0 amide bonds. The molecule has 0 aromatic heterocycles. The van der Waals surface area contributed by atoms with Crippen LogP contribution in [0.3, 0.4) is 0 Å². The van der Waals surface area contributed by atoms with Crippen molar-refractivity contribution in [3.63, 3.8) is 0 Å². The number of unbranched alkanes of at least 4 members (excludes halogenated alkanes) is 1. The van der Waals surface area contributed by atoms with Gasteiger partial charge in [0.05, 0.1) is 6.61 Å². The Bertz CT molecular complexity index is 238. The molecule has 16 heavy (non-hydrogen) atoms. The summed E-state index contributed by atoms with van der Waals surface area (Å²) < 4.78 is 5.58. The zero-order chi connectivity index (χ0) is 11.6. The number of likely N-dealkylation sites (N-methyl/N-ethyl adjacent to an activating group) is 1. The van der Waals surface area contributed by atoms with E-state index in [9.17, 15) is 0 Å². The summed E-state index contributed by atoms with van der Waals surface area (Å²) in [4.78, 5) is 3.58. The van der Waals surface area contributed by atoms with Crippen LogP contribution in [0.2, 0.25) is 0 Å². The Balaban J connectivity index is 1.98. The van der Waals surface area contributed by atoms with E-state index in [2.05, 4.69) is 37.1 Å². The van der Waals surface area contributed by atoms with Gasteiger partial charge in [0.1, 0.15) is 0 Å². The molecule has 0 saturated heterocycles. The Labute approximate surface area is 104 Å². The second kappa shape index (κ2) is 8.85. The lowest BCUT2D eigenvalue weighted by atomic mass is 10.2. The standard InChI is InChI=1S/C13H23NOS/c1-3-4-10-14(2)11-12-15-16-13-8-6-5-7-9-13/h6,8-9H,3-5,7,10-12H2,1-2H3. The van der Waals surface area contributed by atoms with Crippen molar-refractivity contribution in [2.24, 2.45) is 0 Å². The minimum Gasteiger partial charge on any atom is -0.309 e. The van der Waals surface area contributed by atoms with Crippen LogP contribution in [0.5, 0.6) is 0 Å². The molecule has 1 aliphatic carbocycles. The maximum atomic E-state index is 5.58. The quantitative estimate of drug-likeness (QED) is 0.476. The molecule has 0 spiro atoms. The Morgan fingerprint density at radius 1 is 1.38 bits per heavy atom. The van der Waals surface area contributed by atoms with Crippen molar-refractivity contribution in [1.29, 1.82) is 0 Å². The molecule has 0 aliphatic heterocycles. The molecule has 0 fully saturated rings. The van der Waals surface area contributed by atoms with Crippen molar-refractivity contribution in [3.05, 3.63) is 23.1 Å². The molecule has 0 heterocycles. The molecule has 0 unspecified atom stereocenters. The summed E-state index contributed by atoms with van der Waals surface area (Å²) in [5.41, 5.74) is 0. The van der Waals surface area contributed by atoms with Gasteiger partial charge in [-0.25, -0.2) is 0 Å². The first-order valence-electron chi connectivity index (χ1n) is 6.17. The van der Waals surface area contributed by atoms with Gasteiger partial charge in [-0.3, -0.25) is 0 Å². The normalized spacial score (nSPS) is 15.6. The van der Waals surface area contributed by atoms with E-state index in [1.54, 1.807) is 0 Å². The third-order valence-electron chi connectivity index (χ3n) is 2.57. The van der Waals surface area contributed by atoms with Crippen LogP contribution in [0.15, 0.2) is 23.1 Å². The lowest BCUT2D eigenvalue weighted by Gasteiger charge is -2.15. The van der Waals surface area contributed by atoms with Crippen molar-refractivity contribution >= 4 is 12.0 Å². The van der Waals surface area contributed by atoms with Crippen LogP contribution in [-0.2, 0) is 4.18 Å². The smallest absolute Gasteiger partial charge is 0.0745 e. The van der Waals surface area contributed by atoms with E-state index in [-0.39, 0.29) is 0 Å². The molecule has 3 heteroatoms. The minimum absolute atomic E-state index is 0.802. The predicted octanol–water partition coefficient (Wildman–Crippen LogP) is 3.62. The highest BCUT2D eigenvalue weighted by atomic mass is 32.2. The molecular formula is C13H23NOS. The summed E-state index contributed by atoms with van der Waals surface area (Å²) >= 11 is 1.51. The number of rotatable bonds is 8. The van der Waals surface area contributed by atoms with Crippen LogP contribution >= 0.6 is 12.0 Å². The van der Waals surface area contributed by atoms with Gasteiger partial charge in [-0.2, -0.15) is 0 Å². The number of hydrogen-bond acceptors (Lipinski definition) is 3. The Kier molecular flexibility index (Phi) is 7.64. The number of hydrogen-bond donors (Lipinski definition) is 0. The fourth-order valence-electron chi connectivity index (χ4n) is 1.49. The van der Waals surface area contributed by atoms with Gasteiger partial charge in [0.15, 0.2) is 0 Å². The first-order valence-corrected chi connectivity index (χ1v) is 6.92. The summed E-state index contributed by atoms with van der Waals surface area (Å²) in [6.45, 7) is 5.22. The SMILES string of the molecule is CCCCN(C)CCOSC1=CCCC=C1. The first kappa shape index (κ1) is 13.8. The van der Waals surface area contributed by atoms with Gasteiger partial charge in [-0.1, -0.05) is 31.6 Å². The van der Waals surface area contributed by atoms with E-state index in [1.165, 1.54) is 42.8 Å². The maximum absolute atomic E-state index is 5.58. The van der Waals surface area contributed by atoms with Gasteiger partial charge in [-0.05, 0) is 32.9 Å². The molecule has 0 bridgehead atoms. The van der Waals surface area contributed by atoms with Crippen LogP contribution in [0, 0.1) is 0 Å². The predicted molar refractivity (Wildman–Crippen MR) is 72.4 cm³/mol. The van der Waals surface area contributed by atoms with E-state index in [1.807, 2.05) is 0 Å². The molecular weight excluding hydrogens is 218 g/mol. The fraction of sp³-hybridized carbons (Fsp3) is 0.692. The Morgan fingerprint density at radius 2 is 2.25 bits per heavy atom. The molecule has 1 aliphatic rings. The number of allylic oxidation sites excluding steroid dienone is 3. The van der Waals surface area contributed by atoms with Crippen LogP contribution < -0.4 is 0 Å². The molecule has 0 aromatic carbocycles. The lowest BCUT2D eigenvalue weighted by molar-refractivity contribution is 0.259. The van der Waals surface area contributed by atoms with Gasteiger partial charge in [0.25, 0.3) is 0 Å². The summed E-state index contributed by atoms with van der Waals surface area (Å²) in [6, 6.07) is 0. The monoisotopic (exact) mass is 241 g/mol. The van der Waals surface area contributed by atoms with Gasteiger partial charge >= 0.3 is 0 Å². The Morgan fingerprint density at radius 3 is 2.94 bits per heavy atom. The summed E-state index contributed by atoms with van der Waals surface area (Å²) in [6.07, 6.45) is 11.5. The highest BCUT2D eigenvalue weighted by Gasteiger charge is 2.00. The summed E-state index contributed by atoms with van der Waals surface area (Å²) in [5.74, 6) is 0. The van der Waals surface area contributed by atoms with Crippen molar-refractivity contribution in [1.82, 2.24) is 4.90 Å². The molecule has 0 atom stereocenters. The van der Waals surface area contributed by atoms with Crippen molar-refractivity contribution in [2.75, 3.05) is 26.7 Å².